The van der Waals surface area contributed by atoms with Gasteiger partial charge in [-0.3, -0.25) is 10.6 Å². The van der Waals surface area contributed by atoms with Gasteiger partial charge in [-0.15, -0.1) is 23.2 Å². The van der Waals surface area contributed by atoms with E-state index in [0.717, 1.165) is 0 Å². The zero-order valence-electron chi connectivity index (χ0n) is 16.6. The lowest BCUT2D eigenvalue weighted by Gasteiger charge is -2.04. The van der Waals surface area contributed by atoms with E-state index < -0.39 is 12.2 Å². The summed E-state index contributed by atoms with van der Waals surface area (Å²) in [6.45, 7) is 0.0260. The third-order valence-corrected chi connectivity index (χ3v) is 3.81. The van der Waals surface area contributed by atoms with E-state index in [0.29, 0.717) is 21.4 Å². The average molecular weight is 516 g/mol. The zero-order valence-corrected chi connectivity index (χ0v) is 19.6. The third-order valence-electron chi connectivity index (χ3n) is 3.08. The smallest absolute Gasteiger partial charge is 0.412 e. The summed E-state index contributed by atoms with van der Waals surface area (Å²) < 4.78 is 9.53. The van der Waals surface area contributed by atoms with Crippen molar-refractivity contribution in [2.75, 3.05) is 35.6 Å². The van der Waals surface area contributed by atoms with E-state index in [1.165, 1.54) is 0 Å². The monoisotopic (exact) mass is 514 g/mol. The van der Waals surface area contributed by atoms with Gasteiger partial charge in [0.25, 0.3) is 0 Å². The summed E-state index contributed by atoms with van der Waals surface area (Å²) in [6.07, 6.45) is -1.16. The standard InChI is InChI=1S/2C11H9Cl2NO2/c2*12-6-1-2-7-16-11(15)14-10-5-3-4-9(13)8-10/h2*3-5,8H,6-7H2,(H,14,15). The predicted octanol–water partition coefficient (Wildman–Crippen LogP) is 6.26. The molecule has 2 N–H and O–H groups in total. The molecule has 0 spiro atoms. The predicted molar refractivity (Wildman–Crippen MR) is 130 cm³/mol. The number of anilines is 2. The molecule has 0 aliphatic rings. The molecular formula is C22H18Cl4N2O4. The van der Waals surface area contributed by atoms with Crippen LogP contribution in [0.4, 0.5) is 21.0 Å². The van der Waals surface area contributed by atoms with Gasteiger partial charge in [-0.25, -0.2) is 9.59 Å². The van der Waals surface area contributed by atoms with Crippen molar-refractivity contribution in [3.63, 3.8) is 0 Å². The lowest BCUT2D eigenvalue weighted by Crippen LogP contribution is -2.13. The molecule has 32 heavy (non-hydrogen) atoms. The van der Waals surface area contributed by atoms with Gasteiger partial charge in [0.05, 0.1) is 11.8 Å². The van der Waals surface area contributed by atoms with Crippen molar-refractivity contribution < 1.29 is 19.1 Å². The number of ether oxygens (including phenoxy) is 2. The summed E-state index contributed by atoms with van der Waals surface area (Å²) in [5.74, 6) is 10.7. The van der Waals surface area contributed by atoms with Gasteiger partial charge in [0.2, 0.25) is 0 Å². The number of rotatable bonds is 4. The van der Waals surface area contributed by atoms with Crippen LogP contribution in [0.25, 0.3) is 0 Å². The van der Waals surface area contributed by atoms with Gasteiger partial charge in [0.15, 0.2) is 13.2 Å². The molecule has 0 saturated heterocycles. The van der Waals surface area contributed by atoms with Gasteiger partial charge in [0.1, 0.15) is 0 Å². The van der Waals surface area contributed by atoms with Gasteiger partial charge >= 0.3 is 12.2 Å². The zero-order chi connectivity index (χ0) is 23.6. The molecule has 168 valence electrons. The van der Waals surface area contributed by atoms with Crippen LogP contribution in [0.15, 0.2) is 48.5 Å². The highest BCUT2D eigenvalue weighted by atomic mass is 35.5. The average Bonchev–Trinajstić information content (AvgIpc) is 2.75. The molecule has 10 heteroatoms. The maximum Gasteiger partial charge on any atom is 0.412 e. The van der Waals surface area contributed by atoms with Crippen LogP contribution in [0.5, 0.6) is 0 Å². The first-order chi connectivity index (χ1) is 15.4. The minimum Gasteiger partial charge on any atom is -0.436 e. The van der Waals surface area contributed by atoms with E-state index in [4.69, 9.17) is 55.9 Å². The summed E-state index contributed by atoms with van der Waals surface area (Å²) >= 11 is 22.1. The molecule has 0 aliphatic carbocycles. The summed E-state index contributed by atoms with van der Waals surface area (Å²) in [4.78, 5) is 22.4. The molecule has 2 rings (SSSR count). The number of hydrogen-bond donors (Lipinski definition) is 2. The first-order valence-corrected chi connectivity index (χ1v) is 10.7. The number of halogens is 4. The van der Waals surface area contributed by atoms with E-state index in [9.17, 15) is 9.59 Å². The second-order valence-electron chi connectivity index (χ2n) is 5.40. The molecule has 2 amide bonds. The fourth-order valence-corrected chi connectivity index (χ4v) is 2.41. The van der Waals surface area contributed by atoms with Gasteiger partial charge in [-0.05, 0) is 36.4 Å². The summed E-state index contributed by atoms with van der Waals surface area (Å²) in [6, 6.07) is 13.5. The van der Waals surface area contributed by atoms with E-state index in [1.54, 1.807) is 48.5 Å². The Morgan fingerprint density at radius 2 is 1.12 bits per heavy atom. The maximum atomic E-state index is 11.2. The SMILES string of the molecule is O=C(Nc1cccc(Cl)c1)OCC#CCCl.O=C(Nc1cccc(Cl)c1)OCC#CCCl. The van der Waals surface area contributed by atoms with Crippen molar-refractivity contribution in [3.8, 4) is 23.7 Å². The van der Waals surface area contributed by atoms with Crippen LogP contribution in [-0.4, -0.2) is 37.2 Å². The number of amides is 2. The number of alkyl halides is 2. The van der Waals surface area contributed by atoms with Gasteiger partial charge in [-0.1, -0.05) is 59.0 Å². The summed E-state index contributed by atoms with van der Waals surface area (Å²) in [5.41, 5.74) is 1.14. The van der Waals surface area contributed by atoms with Crippen LogP contribution in [0.1, 0.15) is 0 Å². The Hall–Kier alpha value is -2.74. The molecular weight excluding hydrogens is 498 g/mol. The topological polar surface area (TPSA) is 76.7 Å². The molecule has 0 unspecified atom stereocenters. The number of benzene rings is 2. The minimum atomic E-state index is -0.578. The normalized spacial score (nSPS) is 8.88. The molecule has 0 atom stereocenters. The largest absolute Gasteiger partial charge is 0.436 e. The molecule has 2 aromatic carbocycles. The van der Waals surface area contributed by atoms with Crippen molar-refractivity contribution in [3.05, 3.63) is 58.6 Å². The Morgan fingerprint density at radius 1 is 0.719 bits per heavy atom. The molecule has 0 heterocycles. The maximum absolute atomic E-state index is 11.2. The molecule has 0 radical (unpaired) electrons. The van der Waals surface area contributed by atoms with E-state index in [1.807, 2.05) is 0 Å². The third kappa shape index (κ3) is 13.5. The fourth-order valence-electron chi connectivity index (χ4n) is 1.84. The highest BCUT2D eigenvalue weighted by molar-refractivity contribution is 6.31. The summed E-state index contributed by atoms with van der Waals surface area (Å²) in [5, 5.41) is 6.11. The van der Waals surface area contributed by atoms with Crippen molar-refractivity contribution in [2.24, 2.45) is 0 Å². The van der Waals surface area contributed by atoms with Crippen LogP contribution < -0.4 is 10.6 Å². The Labute approximate surface area is 206 Å². The van der Waals surface area contributed by atoms with E-state index in [-0.39, 0.29) is 25.0 Å². The van der Waals surface area contributed by atoms with Gasteiger partial charge in [0, 0.05) is 21.4 Å². The molecule has 2 aromatic rings. The first-order valence-electron chi connectivity index (χ1n) is 8.86. The number of hydrogen-bond acceptors (Lipinski definition) is 4. The molecule has 0 aromatic heterocycles. The van der Waals surface area contributed by atoms with Gasteiger partial charge in [-0.2, -0.15) is 0 Å². The molecule has 0 bridgehead atoms. The van der Waals surface area contributed by atoms with Crippen LogP contribution in [-0.2, 0) is 9.47 Å². The lowest BCUT2D eigenvalue weighted by molar-refractivity contribution is 0.175. The molecule has 0 saturated carbocycles. The number of carbonyl (C=O) groups is 2. The van der Waals surface area contributed by atoms with Crippen molar-refractivity contribution in [1.29, 1.82) is 0 Å². The number of nitrogens with one attached hydrogen (secondary N) is 2. The second kappa shape index (κ2) is 16.9. The molecule has 6 nitrogen and oxygen atoms in total. The van der Waals surface area contributed by atoms with Crippen molar-refractivity contribution in [2.45, 2.75) is 0 Å². The van der Waals surface area contributed by atoms with Crippen molar-refractivity contribution >= 4 is 70.0 Å². The Morgan fingerprint density at radius 3 is 1.47 bits per heavy atom. The van der Waals surface area contributed by atoms with E-state index >= 15 is 0 Å². The first kappa shape index (κ1) is 27.3. The fraction of sp³-hybridized carbons (Fsp3) is 0.182. The molecule has 0 aliphatic heterocycles. The van der Waals surface area contributed by atoms with Crippen LogP contribution in [0.2, 0.25) is 10.0 Å². The van der Waals surface area contributed by atoms with Crippen molar-refractivity contribution in [1.82, 2.24) is 0 Å². The van der Waals surface area contributed by atoms with E-state index in [2.05, 4.69) is 34.3 Å². The van der Waals surface area contributed by atoms with Crippen LogP contribution >= 0.6 is 46.4 Å². The second-order valence-corrected chi connectivity index (χ2v) is 6.80. The highest BCUT2D eigenvalue weighted by Crippen LogP contribution is 2.15. The number of carbonyl (C=O) groups excluding carboxylic acids is 2. The quantitative estimate of drug-likeness (QED) is 0.372. The summed E-state index contributed by atoms with van der Waals surface area (Å²) in [7, 11) is 0. The Bertz CT molecular complexity index is 928. The Balaban J connectivity index is 0.000000320. The molecule has 0 fully saturated rings. The Kier molecular flexibility index (Phi) is 14.4. The lowest BCUT2D eigenvalue weighted by atomic mass is 10.3. The minimum absolute atomic E-state index is 0.0130. The van der Waals surface area contributed by atoms with Gasteiger partial charge < -0.3 is 9.47 Å². The highest BCUT2D eigenvalue weighted by Gasteiger charge is 2.02. The van der Waals surface area contributed by atoms with Crippen LogP contribution in [0, 0.1) is 23.7 Å². The van der Waals surface area contributed by atoms with Crippen LogP contribution in [0.3, 0.4) is 0 Å².